The summed E-state index contributed by atoms with van der Waals surface area (Å²) in [4.78, 5) is 21.9. The van der Waals surface area contributed by atoms with Gasteiger partial charge in [-0.25, -0.2) is 9.97 Å². The highest BCUT2D eigenvalue weighted by molar-refractivity contribution is 7.99. The van der Waals surface area contributed by atoms with Gasteiger partial charge in [-0.15, -0.1) is 34.4 Å². The molecule has 0 unspecified atom stereocenters. The number of nitrogens with one attached hydrogen (secondary N) is 1. The van der Waals surface area contributed by atoms with Crippen LogP contribution in [0.15, 0.2) is 52.2 Å². The van der Waals surface area contributed by atoms with Crippen LogP contribution in [-0.4, -0.2) is 21.6 Å². The summed E-state index contributed by atoms with van der Waals surface area (Å²) in [5, 5.41) is 27.4. The van der Waals surface area contributed by atoms with Crippen LogP contribution in [0.5, 0.6) is 0 Å². The second kappa shape index (κ2) is 10.7. The largest absolute Gasteiger partial charge is 0.383 e. The molecule has 0 spiro atoms. The van der Waals surface area contributed by atoms with Crippen molar-refractivity contribution >= 4 is 62.9 Å². The SMILES string of the molecule is N#Cc1c(N)nc(SCCC(=O)Nc2nc(-c3ccc(Cl)cc3)cs2)c(C#N)c1-c1cccs1. The summed E-state index contributed by atoms with van der Waals surface area (Å²) in [6, 6.07) is 15.2. The molecule has 3 heterocycles. The lowest BCUT2D eigenvalue weighted by Gasteiger charge is -2.11. The minimum absolute atomic E-state index is 0.0642. The van der Waals surface area contributed by atoms with Crippen molar-refractivity contribution in [2.24, 2.45) is 0 Å². The van der Waals surface area contributed by atoms with Crippen LogP contribution >= 0.6 is 46.0 Å². The minimum Gasteiger partial charge on any atom is -0.383 e. The molecule has 4 aromatic rings. The van der Waals surface area contributed by atoms with Crippen LogP contribution in [0, 0.1) is 22.7 Å². The second-order valence-corrected chi connectivity index (χ2v) is 10.1. The molecule has 0 saturated carbocycles. The Bertz CT molecular complexity index is 1420. The van der Waals surface area contributed by atoms with Crippen molar-refractivity contribution in [3.63, 3.8) is 0 Å². The first-order chi connectivity index (χ1) is 16.5. The maximum Gasteiger partial charge on any atom is 0.226 e. The Morgan fingerprint density at radius 3 is 2.56 bits per heavy atom. The first kappa shape index (κ1) is 23.7. The van der Waals surface area contributed by atoms with Crippen molar-refractivity contribution in [3.05, 3.63) is 63.3 Å². The van der Waals surface area contributed by atoms with E-state index in [1.54, 1.807) is 12.1 Å². The monoisotopic (exact) mass is 522 g/mol. The zero-order chi connectivity index (χ0) is 24.1. The first-order valence-electron chi connectivity index (χ1n) is 9.81. The van der Waals surface area contributed by atoms with E-state index in [0.29, 0.717) is 26.5 Å². The molecule has 3 N–H and O–H groups in total. The van der Waals surface area contributed by atoms with E-state index in [4.69, 9.17) is 17.3 Å². The van der Waals surface area contributed by atoms with Gasteiger partial charge in [0, 0.05) is 38.6 Å². The van der Waals surface area contributed by atoms with Gasteiger partial charge in [-0.1, -0.05) is 29.8 Å². The Kier molecular flexibility index (Phi) is 7.46. The molecule has 0 radical (unpaired) electrons. The molecular weight excluding hydrogens is 508 g/mol. The van der Waals surface area contributed by atoms with Crippen LogP contribution in [0.2, 0.25) is 5.02 Å². The molecule has 11 heteroatoms. The minimum atomic E-state index is -0.205. The molecule has 1 amide bonds. The Labute approximate surface area is 212 Å². The number of thiazole rings is 1. The van der Waals surface area contributed by atoms with Gasteiger partial charge in [-0.3, -0.25) is 4.79 Å². The van der Waals surface area contributed by atoms with E-state index in [1.165, 1.54) is 34.4 Å². The maximum absolute atomic E-state index is 12.4. The number of hydrogen-bond donors (Lipinski definition) is 2. The van der Waals surface area contributed by atoms with Crippen LogP contribution in [0.4, 0.5) is 10.9 Å². The number of nitriles is 2. The van der Waals surface area contributed by atoms with E-state index in [1.807, 2.05) is 35.0 Å². The van der Waals surface area contributed by atoms with Crippen LogP contribution in [0.25, 0.3) is 21.7 Å². The molecule has 0 saturated heterocycles. The predicted octanol–water partition coefficient (Wildman–Crippen LogP) is 6.03. The summed E-state index contributed by atoms with van der Waals surface area (Å²) in [5.41, 5.74) is 8.62. The number of nitrogens with zero attached hydrogens (tertiary/aromatic N) is 4. The van der Waals surface area contributed by atoms with Gasteiger partial charge in [0.2, 0.25) is 5.91 Å². The third kappa shape index (κ3) is 5.22. The van der Waals surface area contributed by atoms with Gasteiger partial charge in [-0.2, -0.15) is 10.5 Å². The van der Waals surface area contributed by atoms with Gasteiger partial charge < -0.3 is 11.1 Å². The van der Waals surface area contributed by atoms with Gasteiger partial charge >= 0.3 is 0 Å². The molecule has 0 bridgehead atoms. The number of rotatable bonds is 7. The summed E-state index contributed by atoms with van der Waals surface area (Å²) in [6.07, 6.45) is 0.182. The number of thiophene rings is 1. The molecule has 34 heavy (non-hydrogen) atoms. The highest BCUT2D eigenvalue weighted by Gasteiger charge is 2.21. The molecule has 0 fully saturated rings. The number of anilines is 2. The summed E-state index contributed by atoms with van der Waals surface area (Å²) in [5.74, 6) is 0.232. The molecular formula is C23H15ClN6OS3. The van der Waals surface area contributed by atoms with E-state index in [-0.39, 0.29) is 29.3 Å². The fraction of sp³-hybridized carbons (Fsp3) is 0.0870. The third-order valence-electron chi connectivity index (χ3n) is 4.64. The molecule has 1 aromatic carbocycles. The number of aromatic nitrogens is 2. The number of nitrogens with two attached hydrogens (primary N) is 1. The lowest BCUT2D eigenvalue weighted by molar-refractivity contribution is -0.115. The van der Waals surface area contributed by atoms with E-state index >= 15 is 0 Å². The number of hydrogen-bond acceptors (Lipinski definition) is 9. The first-order valence-corrected chi connectivity index (χ1v) is 12.9. The summed E-state index contributed by atoms with van der Waals surface area (Å²) in [6.45, 7) is 0. The van der Waals surface area contributed by atoms with Crippen molar-refractivity contribution < 1.29 is 4.79 Å². The molecule has 3 aromatic heterocycles. The van der Waals surface area contributed by atoms with Gasteiger partial charge in [0.25, 0.3) is 0 Å². The number of halogens is 1. The van der Waals surface area contributed by atoms with E-state index < -0.39 is 0 Å². The number of nitrogen functional groups attached to an aromatic ring is 1. The average molecular weight is 523 g/mol. The number of benzene rings is 1. The topological polar surface area (TPSA) is 128 Å². The fourth-order valence-corrected chi connectivity index (χ4v) is 5.66. The van der Waals surface area contributed by atoms with Gasteiger partial charge in [-0.05, 0) is 23.6 Å². The van der Waals surface area contributed by atoms with Crippen molar-refractivity contribution in [3.8, 4) is 33.8 Å². The zero-order valence-corrected chi connectivity index (χ0v) is 20.6. The molecule has 0 aliphatic carbocycles. The summed E-state index contributed by atoms with van der Waals surface area (Å²) in [7, 11) is 0. The number of carbonyl (C=O) groups is 1. The van der Waals surface area contributed by atoms with Crippen molar-refractivity contribution in [2.45, 2.75) is 11.4 Å². The smallest absolute Gasteiger partial charge is 0.226 e. The number of carbonyl (C=O) groups excluding carboxylic acids is 1. The Balaban J connectivity index is 1.43. The van der Waals surface area contributed by atoms with Crippen molar-refractivity contribution in [1.29, 1.82) is 10.5 Å². The fourth-order valence-electron chi connectivity index (χ4n) is 3.08. The predicted molar refractivity (Wildman–Crippen MR) is 138 cm³/mol. The van der Waals surface area contributed by atoms with E-state index in [9.17, 15) is 15.3 Å². The third-order valence-corrected chi connectivity index (χ3v) is 7.52. The quantitative estimate of drug-likeness (QED) is 0.283. The van der Waals surface area contributed by atoms with Gasteiger partial charge in [0.1, 0.15) is 28.5 Å². The lowest BCUT2D eigenvalue weighted by atomic mass is 10.0. The number of amides is 1. The van der Waals surface area contributed by atoms with Crippen molar-refractivity contribution in [2.75, 3.05) is 16.8 Å². The summed E-state index contributed by atoms with van der Waals surface area (Å²) < 4.78 is 0. The number of thioether (sulfide) groups is 1. The van der Waals surface area contributed by atoms with Crippen molar-refractivity contribution in [1.82, 2.24) is 9.97 Å². The average Bonchev–Trinajstić information content (AvgIpc) is 3.52. The molecule has 0 atom stereocenters. The van der Waals surface area contributed by atoms with E-state index in [2.05, 4.69) is 27.4 Å². The Hall–Kier alpha value is -3.41. The van der Waals surface area contributed by atoms with Gasteiger partial charge in [0.15, 0.2) is 5.13 Å². The van der Waals surface area contributed by atoms with Gasteiger partial charge in [0.05, 0.1) is 11.3 Å². The number of pyridine rings is 1. The van der Waals surface area contributed by atoms with Crippen LogP contribution in [-0.2, 0) is 4.79 Å². The Morgan fingerprint density at radius 1 is 1.12 bits per heavy atom. The molecule has 4 rings (SSSR count). The Morgan fingerprint density at radius 2 is 1.88 bits per heavy atom. The summed E-state index contributed by atoms with van der Waals surface area (Å²) >= 11 is 9.92. The highest BCUT2D eigenvalue weighted by atomic mass is 35.5. The van der Waals surface area contributed by atoms with Crippen LogP contribution < -0.4 is 11.1 Å². The molecule has 7 nitrogen and oxygen atoms in total. The zero-order valence-electron chi connectivity index (χ0n) is 17.4. The highest BCUT2D eigenvalue weighted by Crippen LogP contribution is 2.37. The van der Waals surface area contributed by atoms with E-state index in [0.717, 1.165) is 16.1 Å². The maximum atomic E-state index is 12.4. The molecule has 168 valence electrons. The molecule has 0 aliphatic rings. The lowest BCUT2D eigenvalue weighted by Crippen LogP contribution is -2.12. The standard InChI is InChI=1S/C23H15ClN6OS3/c24-14-5-3-13(4-6-14)17-12-34-23(28-17)29-19(31)7-9-33-22-16(11-26)20(18-2-1-8-32-18)15(10-25)21(27)30-22/h1-6,8,12H,7,9H2,(H2,27,30)(H,28,29,31). The normalized spacial score (nSPS) is 10.4. The van der Waals surface area contributed by atoms with Crippen LogP contribution in [0.3, 0.4) is 0 Å². The molecule has 0 aliphatic heterocycles. The second-order valence-electron chi connectivity index (χ2n) is 6.82. The van der Waals surface area contributed by atoms with Crippen LogP contribution in [0.1, 0.15) is 17.5 Å².